The van der Waals surface area contributed by atoms with E-state index >= 15 is 0 Å². The number of aryl methyl sites for hydroxylation is 2. The fourth-order valence-electron chi connectivity index (χ4n) is 2.06. The van der Waals surface area contributed by atoms with Gasteiger partial charge in [0, 0.05) is 4.47 Å². The van der Waals surface area contributed by atoms with Crippen LogP contribution in [0.1, 0.15) is 11.1 Å². The van der Waals surface area contributed by atoms with Crippen molar-refractivity contribution < 1.29 is 19.1 Å². The summed E-state index contributed by atoms with van der Waals surface area (Å²) in [5.74, 6) is 0.235. The molecule has 0 unspecified atom stereocenters. The van der Waals surface area contributed by atoms with Gasteiger partial charge in [0.15, 0.2) is 13.2 Å². The summed E-state index contributed by atoms with van der Waals surface area (Å²) < 4.78 is 11.6. The van der Waals surface area contributed by atoms with Gasteiger partial charge in [0.05, 0.1) is 0 Å². The number of halogens is 1. The van der Waals surface area contributed by atoms with Crippen LogP contribution in [-0.2, 0) is 9.59 Å². The van der Waals surface area contributed by atoms with Crippen LogP contribution in [0.25, 0.3) is 0 Å². The normalized spacial score (nSPS) is 10.0. The van der Waals surface area contributed by atoms with Crippen LogP contribution >= 0.6 is 15.9 Å². The van der Waals surface area contributed by atoms with E-state index in [2.05, 4.69) is 26.8 Å². The van der Waals surface area contributed by atoms with E-state index in [4.69, 9.17) is 9.47 Å². The van der Waals surface area contributed by atoms with Crippen molar-refractivity contribution in [2.45, 2.75) is 13.8 Å². The lowest BCUT2D eigenvalue weighted by Crippen LogP contribution is -2.45. The zero-order chi connectivity index (χ0) is 18.2. The number of hydrazine groups is 1. The maximum atomic E-state index is 11.7. The van der Waals surface area contributed by atoms with E-state index in [0.29, 0.717) is 11.5 Å². The molecule has 132 valence electrons. The highest BCUT2D eigenvalue weighted by Crippen LogP contribution is 2.16. The van der Waals surface area contributed by atoms with E-state index in [1.165, 1.54) is 0 Å². The molecule has 0 aliphatic carbocycles. The van der Waals surface area contributed by atoms with Crippen LogP contribution in [0.15, 0.2) is 46.9 Å². The lowest BCUT2D eigenvalue weighted by Gasteiger charge is -2.10. The molecule has 6 nitrogen and oxygen atoms in total. The maximum absolute atomic E-state index is 11.7. The number of carbonyl (C=O) groups is 2. The van der Waals surface area contributed by atoms with Crippen LogP contribution in [0.5, 0.6) is 11.5 Å². The molecule has 25 heavy (non-hydrogen) atoms. The van der Waals surface area contributed by atoms with Gasteiger partial charge in [-0.2, -0.15) is 0 Å². The number of nitrogens with one attached hydrogen (secondary N) is 2. The molecule has 0 heterocycles. The van der Waals surface area contributed by atoms with Crippen LogP contribution in [0, 0.1) is 13.8 Å². The molecular formula is C18H19BrN2O4. The molecule has 0 aliphatic heterocycles. The van der Waals surface area contributed by atoms with E-state index in [0.717, 1.165) is 15.6 Å². The van der Waals surface area contributed by atoms with Gasteiger partial charge < -0.3 is 9.47 Å². The smallest absolute Gasteiger partial charge is 0.276 e. The second-order valence-electron chi connectivity index (χ2n) is 5.45. The van der Waals surface area contributed by atoms with Crippen molar-refractivity contribution in [1.29, 1.82) is 0 Å². The first-order valence-electron chi connectivity index (χ1n) is 7.59. The molecule has 0 aliphatic rings. The molecule has 2 N–H and O–H groups in total. The molecule has 0 saturated carbocycles. The van der Waals surface area contributed by atoms with Crippen molar-refractivity contribution in [3.63, 3.8) is 0 Å². The molecule has 0 fully saturated rings. The molecule has 2 aromatic carbocycles. The van der Waals surface area contributed by atoms with Gasteiger partial charge >= 0.3 is 0 Å². The summed E-state index contributed by atoms with van der Waals surface area (Å²) in [7, 11) is 0. The second kappa shape index (κ2) is 9.08. The number of hydrogen-bond acceptors (Lipinski definition) is 4. The molecule has 2 amide bonds. The first-order chi connectivity index (χ1) is 11.9. The largest absolute Gasteiger partial charge is 0.484 e. The zero-order valence-corrected chi connectivity index (χ0v) is 15.6. The highest BCUT2D eigenvalue weighted by atomic mass is 79.9. The maximum Gasteiger partial charge on any atom is 0.276 e. The van der Waals surface area contributed by atoms with E-state index in [1.54, 1.807) is 24.3 Å². The minimum absolute atomic E-state index is 0.198. The van der Waals surface area contributed by atoms with Crippen LogP contribution in [-0.4, -0.2) is 25.0 Å². The lowest BCUT2D eigenvalue weighted by molar-refractivity contribution is -0.131. The Morgan fingerprint density at radius 2 is 1.32 bits per heavy atom. The molecule has 0 aromatic heterocycles. The molecule has 0 bridgehead atoms. The molecule has 0 radical (unpaired) electrons. The quantitative estimate of drug-likeness (QED) is 0.722. The Morgan fingerprint density at radius 3 is 1.84 bits per heavy atom. The average molecular weight is 407 g/mol. The Labute approximate surface area is 154 Å². The molecule has 0 saturated heterocycles. The Morgan fingerprint density at radius 1 is 0.840 bits per heavy atom. The Kier molecular flexibility index (Phi) is 6.82. The number of hydrogen-bond donors (Lipinski definition) is 2. The highest BCUT2D eigenvalue weighted by Gasteiger charge is 2.07. The zero-order valence-electron chi connectivity index (χ0n) is 14.0. The molecule has 0 atom stereocenters. The number of ether oxygens (including phenoxy) is 2. The third-order valence-corrected chi connectivity index (χ3v) is 3.62. The third-order valence-electron chi connectivity index (χ3n) is 3.09. The fourth-order valence-corrected chi connectivity index (χ4v) is 2.32. The highest BCUT2D eigenvalue weighted by molar-refractivity contribution is 9.10. The van der Waals surface area contributed by atoms with Gasteiger partial charge in [0.1, 0.15) is 11.5 Å². The van der Waals surface area contributed by atoms with Crippen molar-refractivity contribution in [3.8, 4) is 11.5 Å². The first kappa shape index (κ1) is 18.8. The van der Waals surface area contributed by atoms with Crippen molar-refractivity contribution in [1.82, 2.24) is 10.9 Å². The first-order valence-corrected chi connectivity index (χ1v) is 8.39. The SMILES string of the molecule is Cc1cc(C)cc(OCC(=O)NNC(=O)COc2ccc(Br)cc2)c1. The number of amides is 2. The lowest BCUT2D eigenvalue weighted by atomic mass is 10.1. The van der Waals surface area contributed by atoms with E-state index < -0.39 is 11.8 Å². The Balaban J connectivity index is 1.68. The molecule has 2 aromatic rings. The van der Waals surface area contributed by atoms with Crippen LogP contribution in [0.3, 0.4) is 0 Å². The standard InChI is InChI=1S/C18H19BrN2O4/c1-12-7-13(2)9-16(8-12)25-11-18(23)21-20-17(22)10-24-15-5-3-14(19)4-6-15/h3-9H,10-11H2,1-2H3,(H,20,22)(H,21,23). The summed E-state index contributed by atoms with van der Waals surface area (Å²) in [4.78, 5) is 23.4. The van der Waals surface area contributed by atoms with E-state index in [-0.39, 0.29) is 13.2 Å². The number of carbonyl (C=O) groups excluding carboxylic acids is 2. The monoisotopic (exact) mass is 406 g/mol. The van der Waals surface area contributed by atoms with Gasteiger partial charge in [0.25, 0.3) is 11.8 Å². The summed E-state index contributed by atoms with van der Waals surface area (Å²) >= 11 is 3.31. The third kappa shape index (κ3) is 6.84. The summed E-state index contributed by atoms with van der Waals surface area (Å²) in [5.41, 5.74) is 6.65. The average Bonchev–Trinajstić information content (AvgIpc) is 2.57. The Bertz CT molecular complexity index is 727. The van der Waals surface area contributed by atoms with Crippen molar-refractivity contribution >= 4 is 27.7 Å². The molecule has 7 heteroatoms. The van der Waals surface area contributed by atoms with Crippen molar-refractivity contribution in [2.24, 2.45) is 0 Å². The minimum atomic E-state index is -0.470. The van der Waals surface area contributed by atoms with Crippen LogP contribution in [0.2, 0.25) is 0 Å². The second-order valence-corrected chi connectivity index (χ2v) is 6.37. The molecular weight excluding hydrogens is 388 g/mol. The van der Waals surface area contributed by atoms with Gasteiger partial charge in [-0.15, -0.1) is 0 Å². The van der Waals surface area contributed by atoms with Gasteiger partial charge in [-0.25, -0.2) is 0 Å². The van der Waals surface area contributed by atoms with Crippen molar-refractivity contribution in [2.75, 3.05) is 13.2 Å². The predicted octanol–water partition coefficient (Wildman–Crippen LogP) is 2.67. The Hall–Kier alpha value is -2.54. The van der Waals surface area contributed by atoms with Gasteiger partial charge in [0.2, 0.25) is 0 Å². The predicted molar refractivity (Wildman–Crippen MR) is 97.3 cm³/mol. The number of benzene rings is 2. The molecule has 2 rings (SSSR count). The number of rotatable bonds is 6. The van der Waals surface area contributed by atoms with E-state index in [1.807, 2.05) is 32.0 Å². The summed E-state index contributed by atoms with van der Waals surface area (Å²) in [6.07, 6.45) is 0. The van der Waals surface area contributed by atoms with Crippen molar-refractivity contribution in [3.05, 3.63) is 58.1 Å². The van der Waals surface area contributed by atoms with Gasteiger partial charge in [-0.1, -0.05) is 22.0 Å². The topological polar surface area (TPSA) is 76.7 Å². The summed E-state index contributed by atoms with van der Waals surface area (Å²) in [6, 6.07) is 12.8. The minimum Gasteiger partial charge on any atom is -0.484 e. The summed E-state index contributed by atoms with van der Waals surface area (Å²) in [6.45, 7) is 3.49. The summed E-state index contributed by atoms with van der Waals surface area (Å²) in [5, 5.41) is 0. The van der Waals surface area contributed by atoms with E-state index in [9.17, 15) is 9.59 Å². The molecule has 0 spiro atoms. The van der Waals surface area contributed by atoms with Crippen LogP contribution in [0.4, 0.5) is 0 Å². The van der Waals surface area contributed by atoms with Crippen LogP contribution < -0.4 is 20.3 Å². The van der Waals surface area contributed by atoms with Gasteiger partial charge in [-0.05, 0) is 61.4 Å². The fraction of sp³-hybridized carbons (Fsp3) is 0.222. The van der Waals surface area contributed by atoms with Gasteiger partial charge in [-0.3, -0.25) is 20.4 Å².